The van der Waals surface area contributed by atoms with Crippen molar-refractivity contribution in [2.75, 3.05) is 0 Å². The molecule has 104 valence electrons. The Bertz CT molecular complexity index is 414. The van der Waals surface area contributed by atoms with Gasteiger partial charge in [-0.25, -0.2) is 0 Å². The smallest absolute Gasteiger partial charge is 0.316 e. The van der Waals surface area contributed by atoms with Crippen molar-refractivity contribution >= 4 is 24.0 Å². The Balaban J connectivity index is 0.00000289. The van der Waals surface area contributed by atoms with E-state index < -0.39 is 34.5 Å². The van der Waals surface area contributed by atoms with Gasteiger partial charge in [0.2, 0.25) is 0 Å². The number of benzene rings is 1. The molecule has 0 fully saturated rings. The van der Waals surface area contributed by atoms with Gasteiger partial charge in [-0.05, 0) is 11.6 Å². The Morgan fingerprint density at radius 2 is 1.56 bits per heavy atom. The summed E-state index contributed by atoms with van der Waals surface area (Å²) in [5, 5.41) is -1.02. The second-order valence-corrected chi connectivity index (χ2v) is 3.60. The molecule has 0 aliphatic heterocycles. The Labute approximate surface area is 109 Å². The maximum atomic E-state index is 12.4. The van der Waals surface area contributed by atoms with Gasteiger partial charge in [0, 0.05) is 0 Å². The standard InChI is InChI=1S/C9H6ClF6N.ClH/c10-6-4(7(17)9(14,15)16)2-1-3-5(6)8(11,12)13;/h1-3,7H,17H2;1H/t7-;/m1./s1. The zero-order chi connectivity index (χ0) is 13.4. The molecule has 0 amide bonds. The van der Waals surface area contributed by atoms with Crippen molar-refractivity contribution in [2.24, 2.45) is 5.73 Å². The summed E-state index contributed by atoms with van der Waals surface area (Å²) in [6, 6.07) is -0.308. The topological polar surface area (TPSA) is 26.0 Å². The van der Waals surface area contributed by atoms with Crippen LogP contribution < -0.4 is 5.73 Å². The molecule has 1 atom stereocenters. The first kappa shape index (κ1) is 17.3. The monoisotopic (exact) mass is 313 g/mol. The molecule has 0 bridgehead atoms. The first-order chi connectivity index (χ1) is 7.55. The maximum absolute atomic E-state index is 12.4. The van der Waals surface area contributed by atoms with Gasteiger partial charge in [0.1, 0.15) is 6.04 Å². The van der Waals surface area contributed by atoms with Crippen molar-refractivity contribution in [2.45, 2.75) is 18.4 Å². The zero-order valence-corrected chi connectivity index (χ0v) is 10.0. The fourth-order valence-corrected chi connectivity index (χ4v) is 1.54. The lowest BCUT2D eigenvalue weighted by Crippen LogP contribution is -2.29. The molecular weight excluding hydrogens is 307 g/mol. The number of nitrogens with two attached hydrogens (primary N) is 1. The molecule has 1 nitrogen and oxygen atoms in total. The lowest BCUT2D eigenvalue weighted by atomic mass is 10.0. The van der Waals surface area contributed by atoms with E-state index in [1.165, 1.54) is 0 Å². The van der Waals surface area contributed by atoms with E-state index >= 15 is 0 Å². The van der Waals surface area contributed by atoms with Crippen molar-refractivity contribution in [3.8, 4) is 0 Å². The summed E-state index contributed by atoms with van der Waals surface area (Å²) in [5.74, 6) is 0. The molecule has 0 spiro atoms. The zero-order valence-electron chi connectivity index (χ0n) is 8.44. The minimum atomic E-state index is -4.85. The highest BCUT2D eigenvalue weighted by atomic mass is 35.5. The van der Waals surface area contributed by atoms with Gasteiger partial charge in [-0.3, -0.25) is 0 Å². The van der Waals surface area contributed by atoms with E-state index in [4.69, 9.17) is 17.3 Å². The van der Waals surface area contributed by atoms with Crippen molar-refractivity contribution in [3.05, 3.63) is 34.3 Å². The molecule has 0 radical (unpaired) electrons. The van der Waals surface area contributed by atoms with Crippen LogP contribution in [-0.4, -0.2) is 6.18 Å². The maximum Gasteiger partial charge on any atom is 0.417 e. The summed E-state index contributed by atoms with van der Waals surface area (Å²) in [5.41, 5.74) is 2.67. The molecule has 0 aliphatic carbocycles. The van der Waals surface area contributed by atoms with Crippen LogP contribution >= 0.6 is 24.0 Å². The average Bonchev–Trinajstić information content (AvgIpc) is 2.13. The summed E-state index contributed by atoms with van der Waals surface area (Å²) in [6.07, 6.45) is -9.67. The van der Waals surface area contributed by atoms with Gasteiger partial charge in [0.05, 0.1) is 10.6 Å². The number of hydrogen-bond donors (Lipinski definition) is 1. The highest BCUT2D eigenvalue weighted by molar-refractivity contribution is 6.32. The number of alkyl halides is 6. The molecule has 1 rings (SSSR count). The average molecular weight is 314 g/mol. The molecule has 9 heteroatoms. The predicted molar refractivity (Wildman–Crippen MR) is 56.7 cm³/mol. The van der Waals surface area contributed by atoms with Crippen LogP contribution in [0.15, 0.2) is 18.2 Å². The summed E-state index contributed by atoms with van der Waals surface area (Å²) in [4.78, 5) is 0. The van der Waals surface area contributed by atoms with Crippen LogP contribution in [0.25, 0.3) is 0 Å². The molecule has 18 heavy (non-hydrogen) atoms. The van der Waals surface area contributed by atoms with Crippen molar-refractivity contribution in [1.29, 1.82) is 0 Å². The van der Waals surface area contributed by atoms with Gasteiger partial charge < -0.3 is 5.73 Å². The van der Waals surface area contributed by atoms with Gasteiger partial charge in [-0.15, -0.1) is 12.4 Å². The van der Waals surface area contributed by atoms with Crippen LogP contribution in [0.3, 0.4) is 0 Å². The van der Waals surface area contributed by atoms with Crippen molar-refractivity contribution < 1.29 is 26.3 Å². The Kier molecular flexibility index (Phi) is 5.34. The molecular formula is C9H7Cl2F6N. The van der Waals surface area contributed by atoms with E-state index in [0.717, 1.165) is 12.1 Å². The Morgan fingerprint density at radius 1 is 1.06 bits per heavy atom. The second-order valence-electron chi connectivity index (χ2n) is 3.23. The van der Waals surface area contributed by atoms with E-state index in [1.807, 2.05) is 0 Å². The van der Waals surface area contributed by atoms with Crippen molar-refractivity contribution in [3.63, 3.8) is 0 Å². The largest absolute Gasteiger partial charge is 0.417 e. The summed E-state index contributed by atoms with van der Waals surface area (Å²) in [7, 11) is 0. The minimum absolute atomic E-state index is 0. The Hall–Kier alpha value is -0.660. The lowest BCUT2D eigenvalue weighted by Gasteiger charge is -2.19. The molecule has 1 aromatic rings. The third kappa shape index (κ3) is 3.66. The van der Waals surface area contributed by atoms with Gasteiger partial charge in [-0.2, -0.15) is 26.3 Å². The molecule has 0 aliphatic rings. The molecule has 1 aromatic carbocycles. The van der Waals surface area contributed by atoms with Gasteiger partial charge in [0.25, 0.3) is 0 Å². The van der Waals surface area contributed by atoms with E-state index in [9.17, 15) is 26.3 Å². The fraction of sp³-hybridized carbons (Fsp3) is 0.333. The molecule has 0 heterocycles. The summed E-state index contributed by atoms with van der Waals surface area (Å²) < 4.78 is 74.0. The van der Waals surface area contributed by atoms with Crippen LogP contribution in [0.4, 0.5) is 26.3 Å². The first-order valence-corrected chi connectivity index (χ1v) is 4.61. The third-order valence-electron chi connectivity index (χ3n) is 2.02. The van der Waals surface area contributed by atoms with Crippen LogP contribution in [0.5, 0.6) is 0 Å². The molecule has 0 saturated carbocycles. The number of halogens is 8. The Morgan fingerprint density at radius 3 is 1.94 bits per heavy atom. The molecule has 0 saturated heterocycles. The fourth-order valence-electron chi connectivity index (χ4n) is 1.19. The van der Waals surface area contributed by atoms with E-state index in [1.54, 1.807) is 0 Å². The molecule has 0 unspecified atom stereocenters. The third-order valence-corrected chi connectivity index (χ3v) is 2.44. The number of hydrogen-bond acceptors (Lipinski definition) is 1. The predicted octanol–water partition coefficient (Wildman–Crippen LogP) is 4.34. The van der Waals surface area contributed by atoms with E-state index in [2.05, 4.69) is 0 Å². The van der Waals surface area contributed by atoms with Gasteiger partial charge >= 0.3 is 12.4 Å². The summed E-state index contributed by atoms with van der Waals surface area (Å²) >= 11 is 5.29. The SMILES string of the molecule is Cl.N[C@H](c1cccc(C(F)(F)F)c1Cl)C(F)(F)F. The van der Waals surface area contributed by atoms with Crippen molar-refractivity contribution in [1.82, 2.24) is 0 Å². The molecule has 0 aromatic heterocycles. The van der Waals surface area contributed by atoms with Crippen LogP contribution in [-0.2, 0) is 6.18 Å². The van der Waals surface area contributed by atoms with Gasteiger partial charge in [0.15, 0.2) is 0 Å². The van der Waals surface area contributed by atoms with Crippen LogP contribution in [0.1, 0.15) is 17.2 Å². The first-order valence-electron chi connectivity index (χ1n) is 4.23. The normalized spacial score (nSPS) is 14.0. The van der Waals surface area contributed by atoms with Crippen LogP contribution in [0, 0.1) is 0 Å². The van der Waals surface area contributed by atoms with E-state index in [-0.39, 0.29) is 12.4 Å². The number of rotatable bonds is 1. The lowest BCUT2D eigenvalue weighted by molar-refractivity contribution is -0.150. The molecule has 2 N–H and O–H groups in total. The minimum Gasteiger partial charge on any atom is -0.316 e. The summed E-state index contributed by atoms with van der Waals surface area (Å²) in [6.45, 7) is 0. The second kappa shape index (κ2) is 5.54. The highest BCUT2D eigenvalue weighted by Crippen LogP contribution is 2.40. The van der Waals surface area contributed by atoms with Crippen LogP contribution in [0.2, 0.25) is 5.02 Å². The van der Waals surface area contributed by atoms with E-state index in [0.29, 0.717) is 6.07 Å². The highest BCUT2D eigenvalue weighted by Gasteiger charge is 2.41. The van der Waals surface area contributed by atoms with Gasteiger partial charge in [-0.1, -0.05) is 23.7 Å². The quantitative estimate of drug-likeness (QED) is 0.767.